The Kier molecular flexibility index (Phi) is 6.27. The number of methoxy groups -OCH3 is 1. The molecule has 25 heavy (non-hydrogen) atoms. The number of nitriles is 1. The van der Waals surface area contributed by atoms with Crippen molar-refractivity contribution < 1.29 is 9.53 Å². The Morgan fingerprint density at radius 3 is 2.52 bits per heavy atom. The third-order valence-electron chi connectivity index (χ3n) is 4.95. The summed E-state index contributed by atoms with van der Waals surface area (Å²) in [5.74, 6) is 0.836. The molecule has 6 heteroatoms. The van der Waals surface area contributed by atoms with Gasteiger partial charge in [-0.1, -0.05) is 26.0 Å². The van der Waals surface area contributed by atoms with Crippen molar-refractivity contribution in [3.8, 4) is 11.8 Å². The average molecular weight is 344 g/mol. The number of nitrogens with zero attached hydrogens (tertiary/aromatic N) is 3. The van der Waals surface area contributed by atoms with Gasteiger partial charge in [0.25, 0.3) is 0 Å². The van der Waals surface area contributed by atoms with Crippen LogP contribution in [0.2, 0.25) is 0 Å². The molecule has 1 heterocycles. The summed E-state index contributed by atoms with van der Waals surface area (Å²) in [6.45, 7) is 9.26. The van der Waals surface area contributed by atoms with Crippen LogP contribution >= 0.6 is 0 Å². The first kappa shape index (κ1) is 19.1. The SMILES string of the molecule is COc1ccccc1N1CCN(CC(=O)NC(C)(C#N)C(C)C)CC1. The smallest absolute Gasteiger partial charge is 0.235 e. The number of para-hydroxylation sites is 2. The van der Waals surface area contributed by atoms with Crippen LogP contribution in [0.1, 0.15) is 20.8 Å². The third kappa shape index (κ3) is 4.64. The highest BCUT2D eigenvalue weighted by Gasteiger charge is 2.31. The van der Waals surface area contributed by atoms with Crippen LogP contribution in [-0.2, 0) is 4.79 Å². The van der Waals surface area contributed by atoms with Crippen molar-refractivity contribution in [1.29, 1.82) is 5.26 Å². The van der Waals surface area contributed by atoms with Crippen LogP contribution in [-0.4, -0.2) is 56.2 Å². The first-order chi connectivity index (χ1) is 11.9. The molecule has 136 valence electrons. The molecule has 0 spiro atoms. The van der Waals surface area contributed by atoms with Crippen LogP contribution < -0.4 is 15.0 Å². The van der Waals surface area contributed by atoms with E-state index in [9.17, 15) is 10.1 Å². The van der Waals surface area contributed by atoms with Gasteiger partial charge >= 0.3 is 0 Å². The van der Waals surface area contributed by atoms with Crippen molar-refractivity contribution in [2.45, 2.75) is 26.3 Å². The van der Waals surface area contributed by atoms with E-state index in [-0.39, 0.29) is 11.8 Å². The van der Waals surface area contributed by atoms with Gasteiger partial charge in [-0.05, 0) is 25.0 Å². The molecular weight excluding hydrogens is 316 g/mol. The van der Waals surface area contributed by atoms with Crippen molar-refractivity contribution in [3.05, 3.63) is 24.3 Å². The molecule has 1 atom stereocenters. The maximum atomic E-state index is 12.3. The number of carbonyl (C=O) groups is 1. The maximum Gasteiger partial charge on any atom is 0.235 e. The molecule has 1 aliphatic rings. The lowest BCUT2D eigenvalue weighted by molar-refractivity contribution is -0.124. The summed E-state index contributed by atoms with van der Waals surface area (Å²) in [5, 5.41) is 12.2. The van der Waals surface area contributed by atoms with Crippen LogP contribution in [0.3, 0.4) is 0 Å². The lowest BCUT2D eigenvalue weighted by atomic mass is 9.90. The largest absolute Gasteiger partial charge is 0.495 e. The van der Waals surface area contributed by atoms with Gasteiger partial charge in [0.2, 0.25) is 5.91 Å². The van der Waals surface area contributed by atoms with Crippen molar-refractivity contribution in [1.82, 2.24) is 10.2 Å². The molecule has 0 saturated carbocycles. The minimum absolute atomic E-state index is 0.0591. The number of hydrogen-bond acceptors (Lipinski definition) is 5. The summed E-state index contributed by atoms with van der Waals surface area (Å²) >= 11 is 0. The van der Waals surface area contributed by atoms with Gasteiger partial charge in [0.05, 0.1) is 25.4 Å². The predicted molar refractivity (Wildman–Crippen MR) is 98.6 cm³/mol. The summed E-state index contributed by atoms with van der Waals surface area (Å²) < 4.78 is 5.43. The molecule has 0 aromatic heterocycles. The van der Waals surface area contributed by atoms with Crippen LogP contribution in [0, 0.1) is 17.2 Å². The topological polar surface area (TPSA) is 68.6 Å². The van der Waals surface area contributed by atoms with E-state index in [1.54, 1.807) is 14.0 Å². The molecule has 0 bridgehead atoms. The number of ether oxygens (including phenoxy) is 1. The molecule has 6 nitrogen and oxygen atoms in total. The molecule has 2 rings (SSSR count). The summed E-state index contributed by atoms with van der Waals surface area (Å²) in [6.07, 6.45) is 0. The summed E-state index contributed by atoms with van der Waals surface area (Å²) in [4.78, 5) is 16.7. The molecule has 1 aromatic carbocycles. The number of benzene rings is 1. The normalized spacial score (nSPS) is 17.7. The standard InChI is InChI=1S/C19H28N4O2/c1-15(2)19(3,14-20)21-18(24)13-22-9-11-23(12-10-22)16-7-5-6-8-17(16)25-4/h5-8,15H,9-13H2,1-4H3,(H,21,24). The molecule has 1 amide bonds. The monoisotopic (exact) mass is 344 g/mol. The van der Waals surface area contributed by atoms with E-state index >= 15 is 0 Å². The van der Waals surface area contributed by atoms with Crippen LogP contribution in [0.15, 0.2) is 24.3 Å². The zero-order valence-electron chi connectivity index (χ0n) is 15.6. The van der Waals surface area contributed by atoms with Crippen LogP contribution in [0.4, 0.5) is 5.69 Å². The van der Waals surface area contributed by atoms with Gasteiger partial charge < -0.3 is 15.0 Å². The van der Waals surface area contributed by atoms with Crippen molar-refractivity contribution in [2.75, 3.05) is 44.7 Å². The van der Waals surface area contributed by atoms with E-state index in [4.69, 9.17) is 4.74 Å². The third-order valence-corrected chi connectivity index (χ3v) is 4.95. The molecule has 1 fully saturated rings. The van der Waals surface area contributed by atoms with E-state index in [0.717, 1.165) is 37.6 Å². The highest BCUT2D eigenvalue weighted by atomic mass is 16.5. The fraction of sp³-hybridized carbons (Fsp3) is 0.579. The molecule has 1 unspecified atom stereocenters. The Hall–Kier alpha value is -2.26. The first-order valence-electron chi connectivity index (χ1n) is 8.72. The number of carbonyl (C=O) groups excluding carboxylic acids is 1. The van der Waals surface area contributed by atoms with Gasteiger partial charge in [-0.25, -0.2) is 0 Å². The average Bonchev–Trinajstić information content (AvgIpc) is 2.62. The zero-order valence-corrected chi connectivity index (χ0v) is 15.6. The maximum absolute atomic E-state index is 12.3. The van der Waals surface area contributed by atoms with Crippen LogP contribution in [0.25, 0.3) is 0 Å². The zero-order chi connectivity index (χ0) is 18.4. The quantitative estimate of drug-likeness (QED) is 0.853. The molecule has 0 radical (unpaired) electrons. The van der Waals surface area contributed by atoms with Crippen molar-refractivity contribution in [3.63, 3.8) is 0 Å². The second-order valence-electron chi connectivity index (χ2n) is 6.95. The Morgan fingerprint density at radius 2 is 1.96 bits per heavy atom. The lowest BCUT2D eigenvalue weighted by Crippen LogP contribution is -2.54. The number of nitrogens with one attached hydrogen (secondary N) is 1. The summed E-state index contributed by atoms with van der Waals surface area (Å²) in [5.41, 5.74) is 0.266. The fourth-order valence-electron chi connectivity index (χ4n) is 2.87. The Morgan fingerprint density at radius 1 is 1.32 bits per heavy atom. The molecule has 1 N–H and O–H groups in total. The summed E-state index contributed by atoms with van der Waals surface area (Å²) in [7, 11) is 1.68. The van der Waals surface area contributed by atoms with Gasteiger partial charge in [-0.15, -0.1) is 0 Å². The minimum Gasteiger partial charge on any atom is -0.495 e. The van der Waals surface area contributed by atoms with Crippen LogP contribution in [0.5, 0.6) is 5.75 Å². The van der Waals surface area contributed by atoms with Crippen molar-refractivity contribution >= 4 is 11.6 Å². The number of amides is 1. The van der Waals surface area contributed by atoms with E-state index in [0.29, 0.717) is 6.54 Å². The second kappa shape index (κ2) is 8.21. The first-order valence-corrected chi connectivity index (χ1v) is 8.72. The molecule has 1 aromatic rings. The summed E-state index contributed by atoms with van der Waals surface area (Å²) in [6, 6.07) is 10.2. The van der Waals surface area contributed by atoms with Gasteiger partial charge in [0, 0.05) is 26.2 Å². The van der Waals surface area contributed by atoms with Gasteiger partial charge in [-0.3, -0.25) is 9.69 Å². The van der Waals surface area contributed by atoms with Crippen molar-refractivity contribution in [2.24, 2.45) is 5.92 Å². The number of piperazine rings is 1. The predicted octanol–water partition coefficient (Wildman–Crippen LogP) is 1.87. The number of rotatable bonds is 6. The van der Waals surface area contributed by atoms with E-state index in [2.05, 4.69) is 27.3 Å². The van der Waals surface area contributed by atoms with Gasteiger partial charge in [0.15, 0.2) is 0 Å². The second-order valence-corrected chi connectivity index (χ2v) is 6.95. The highest BCUT2D eigenvalue weighted by Crippen LogP contribution is 2.28. The Labute approximate surface area is 150 Å². The van der Waals surface area contributed by atoms with Gasteiger partial charge in [0.1, 0.15) is 11.3 Å². The molecule has 1 saturated heterocycles. The minimum atomic E-state index is -0.823. The number of anilines is 1. The Balaban J connectivity index is 1.88. The molecule has 1 aliphatic heterocycles. The van der Waals surface area contributed by atoms with E-state index in [1.165, 1.54) is 0 Å². The van der Waals surface area contributed by atoms with E-state index in [1.807, 2.05) is 32.0 Å². The number of hydrogen-bond donors (Lipinski definition) is 1. The lowest BCUT2D eigenvalue weighted by Gasteiger charge is -2.37. The molecular formula is C19H28N4O2. The Bertz CT molecular complexity index is 633. The fourth-order valence-corrected chi connectivity index (χ4v) is 2.87. The molecule has 0 aliphatic carbocycles. The van der Waals surface area contributed by atoms with Gasteiger partial charge in [-0.2, -0.15) is 5.26 Å². The highest BCUT2D eigenvalue weighted by molar-refractivity contribution is 5.79. The van der Waals surface area contributed by atoms with E-state index < -0.39 is 5.54 Å².